The SMILES string of the molecule is Cc1ccc(-c2cn3c(n2)sc2ccc(C)c(C)c23)c(C)c1. The first kappa shape index (κ1) is 13.5. The summed E-state index contributed by atoms with van der Waals surface area (Å²) in [5, 5.41) is 0. The molecular weight excluding hydrogens is 288 g/mol. The summed E-state index contributed by atoms with van der Waals surface area (Å²) in [5.74, 6) is 0. The Kier molecular flexibility index (Phi) is 2.88. The fraction of sp³-hybridized carbons (Fsp3) is 0.211. The molecule has 0 bridgehead atoms. The number of rotatable bonds is 1. The Hall–Kier alpha value is -2.13. The molecule has 0 spiro atoms. The Labute approximate surface area is 134 Å². The van der Waals surface area contributed by atoms with Crippen LogP contribution in [0.25, 0.3) is 26.4 Å². The van der Waals surface area contributed by atoms with Crippen molar-refractivity contribution in [2.45, 2.75) is 27.7 Å². The summed E-state index contributed by atoms with van der Waals surface area (Å²) in [7, 11) is 0. The summed E-state index contributed by atoms with van der Waals surface area (Å²) in [6.45, 7) is 8.65. The Morgan fingerprint density at radius 2 is 1.77 bits per heavy atom. The van der Waals surface area contributed by atoms with Crippen molar-refractivity contribution < 1.29 is 0 Å². The zero-order valence-electron chi connectivity index (χ0n) is 13.3. The summed E-state index contributed by atoms with van der Waals surface area (Å²) in [5.41, 5.74) is 8.82. The first-order valence-electron chi connectivity index (χ1n) is 7.50. The van der Waals surface area contributed by atoms with E-state index in [1.807, 2.05) is 0 Å². The van der Waals surface area contributed by atoms with E-state index in [0.29, 0.717) is 0 Å². The van der Waals surface area contributed by atoms with E-state index in [9.17, 15) is 0 Å². The summed E-state index contributed by atoms with van der Waals surface area (Å²) in [4.78, 5) is 5.93. The van der Waals surface area contributed by atoms with Gasteiger partial charge in [-0.3, -0.25) is 4.40 Å². The molecule has 2 aromatic heterocycles. The van der Waals surface area contributed by atoms with E-state index in [4.69, 9.17) is 4.98 Å². The van der Waals surface area contributed by atoms with Crippen LogP contribution in [0.5, 0.6) is 0 Å². The minimum atomic E-state index is 1.06. The molecule has 0 saturated heterocycles. The molecule has 22 heavy (non-hydrogen) atoms. The number of thiazole rings is 1. The largest absolute Gasteiger partial charge is 0.289 e. The van der Waals surface area contributed by atoms with Crippen molar-refractivity contribution in [2.24, 2.45) is 0 Å². The molecule has 4 rings (SSSR count). The van der Waals surface area contributed by atoms with Crippen molar-refractivity contribution in [3.8, 4) is 11.3 Å². The zero-order valence-corrected chi connectivity index (χ0v) is 14.1. The molecule has 0 aliphatic heterocycles. The van der Waals surface area contributed by atoms with Gasteiger partial charge in [-0.1, -0.05) is 41.2 Å². The van der Waals surface area contributed by atoms with Crippen LogP contribution in [0.2, 0.25) is 0 Å². The summed E-state index contributed by atoms with van der Waals surface area (Å²) < 4.78 is 3.55. The van der Waals surface area contributed by atoms with Crippen LogP contribution in [0.3, 0.4) is 0 Å². The predicted molar refractivity (Wildman–Crippen MR) is 95.0 cm³/mol. The molecule has 110 valence electrons. The molecule has 0 unspecified atom stereocenters. The van der Waals surface area contributed by atoms with E-state index in [2.05, 4.69) is 68.6 Å². The normalized spacial score (nSPS) is 11.6. The molecule has 0 radical (unpaired) electrons. The molecule has 2 nitrogen and oxygen atoms in total. The third-order valence-corrected chi connectivity index (χ3v) is 5.46. The van der Waals surface area contributed by atoms with Gasteiger partial charge in [0.25, 0.3) is 0 Å². The van der Waals surface area contributed by atoms with Gasteiger partial charge < -0.3 is 0 Å². The van der Waals surface area contributed by atoms with E-state index >= 15 is 0 Å². The molecule has 0 amide bonds. The van der Waals surface area contributed by atoms with Crippen LogP contribution in [0.15, 0.2) is 36.5 Å². The molecule has 0 N–H and O–H groups in total. The average Bonchev–Trinajstić information content (AvgIpc) is 3.00. The minimum absolute atomic E-state index is 1.06. The molecule has 4 aromatic rings. The number of hydrogen-bond donors (Lipinski definition) is 0. The van der Waals surface area contributed by atoms with Crippen LogP contribution in [-0.4, -0.2) is 9.38 Å². The van der Waals surface area contributed by atoms with Crippen LogP contribution < -0.4 is 0 Å². The van der Waals surface area contributed by atoms with Crippen molar-refractivity contribution in [2.75, 3.05) is 0 Å². The number of fused-ring (bicyclic) bond motifs is 3. The molecule has 0 fully saturated rings. The highest BCUT2D eigenvalue weighted by molar-refractivity contribution is 7.23. The van der Waals surface area contributed by atoms with Gasteiger partial charge >= 0.3 is 0 Å². The molecule has 0 aliphatic carbocycles. The monoisotopic (exact) mass is 306 g/mol. The second-order valence-electron chi connectivity index (χ2n) is 6.05. The molecule has 3 heteroatoms. The van der Waals surface area contributed by atoms with Gasteiger partial charge in [-0.2, -0.15) is 0 Å². The predicted octanol–water partition coefficient (Wildman–Crippen LogP) is 5.45. The summed E-state index contributed by atoms with van der Waals surface area (Å²) in [6.07, 6.45) is 2.18. The summed E-state index contributed by atoms with van der Waals surface area (Å²) in [6, 6.07) is 10.9. The fourth-order valence-corrected chi connectivity index (χ4v) is 4.15. The fourth-order valence-electron chi connectivity index (χ4n) is 3.08. The standard InChI is InChI=1S/C19H18N2S/c1-11-5-7-15(13(3)9-11)16-10-21-18-14(4)12(2)6-8-17(18)22-19(21)20-16/h5-10H,1-4H3. The van der Waals surface area contributed by atoms with Gasteiger partial charge in [-0.25, -0.2) is 4.98 Å². The van der Waals surface area contributed by atoms with E-state index in [-0.39, 0.29) is 0 Å². The van der Waals surface area contributed by atoms with Gasteiger partial charge in [0, 0.05) is 11.8 Å². The number of aryl methyl sites for hydroxylation is 4. The third kappa shape index (κ3) is 1.89. The first-order chi connectivity index (χ1) is 10.5. The molecule has 0 saturated carbocycles. The van der Waals surface area contributed by atoms with Crippen molar-refractivity contribution in [1.29, 1.82) is 0 Å². The number of nitrogens with zero attached hydrogens (tertiary/aromatic N) is 2. The van der Waals surface area contributed by atoms with Gasteiger partial charge in [0.2, 0.25) is 0 Å². The topological polar surface area (TPSA) is 17.3 Å². The maximum atomic E-state index is 4.86. The quantitative estimate of drug-likeness (QED) is 0.457. The molecule has 2 heterocycles. The van der Waals surface area contributed by atoms with Crippen molar-refractivity contribution in [1.82, 2.24) is 9.38 Å². The van der Waals surface area contributed by atoms with E-state index in [0.717, 1.165) is 10.7 Å². The second-order valence-corrected chi connectivity index (χ2v) is 7.06. The van der Waals surface area contributed by atoms with Gasteiger partial charge in [-0.05, 0) is 50.5 Å². The lowest BCUT2D eigenvalue weighted by Gasteiger charge is -2.04. The third-order valence-electron chi connectivity index (χ3n) is 4.44. The Morgan fingerprint density at radius 1 is 0.955 bits per heavy atom. The van der Waals surface area contributed by atoms with Crippen LogP contribution in [0.1, 0.15) is 22.3 Å². The summed E-state index contributed by atoms with van der Waals surface area (Å²) >= 11 is 1.76. The van der Waals surface area contributed by atoms with Gasteiger partial charge in [0.1, 0.15) is 0 Å². The number of benzene rings is 2. The van der Waals surface area contributed by atoms with Crippen molar-refractivity contribution >= 4 is 26.5 Å². The van der Waals surface area contributed by atoms with Gasteiger partial charge in [0.15, 0.2) is 4.96 Å². The Balaban J connectivity index is 2.00. The van der Waals surface area contributed by atoms with Gasteiger partial charge in [-0.15, -0.1) is 0 Å². The van der Waals surface area contributed by atoms with Crippen molar-refractivity contribution in [3.63, 3.8) is 0 Å². The average molecular weight is 306 g/mol. The zero-order chi connectivity index (χ0) is 15.4. The van der Waals surface area contributed by atoms with Crippen LogP contribution in [0, 0.1) is 27.7 Å². The Bertz CT molecular complexity index is 1020. The highest BCUT2D eigenvalue weighted by Gasteiger charge is 2.13. The Morgan fingerprint density at radius 3 is 2.55 bits per heavy atom. The minimum Gasteiger partial charge on any atom is -0.289 e. The van der Waals surface area contributed by atoms with Crippen LogP contribution >= 0.6 is 11.3 Å². The maximum Gasteiger partial charge on any atom is 0.195 e. The molecular formula is C19H18N2S. The first-order valence-corrected chi connectivity index (χ1v) is 8.31. The molecule has 0 atom stereocenters. The number of imidazole rings is 1. The van der Waals surface area contributed by atoms with E-state index < -0.39 is 0 Å². The van der Waals surface area contributed by atoms with Gasteiger partial charge in [0.05, 0.1) is 15.9 Å². The van der Waals surface area contributed by atoms with Crippen LogP contribution in [0.4, 0.5) is 0 Å². The smallest absolute Gasteiger partial charge is 0.195 e. The van der Waals surface area contributed by atoms with E-state index in [1.54, 1.807) is 11.3 Å². The number of aromatic nitrogens is 2. The van der Waals surface area contributed by atoms with Crippen molar-refractivity contribution in [3.05, 3.63) is 58.8 Å². The van der Waals surface area contributed by atoms with E-state index in [1.165, 1.54) is 38.0 Å². The lowest BCUT2D eigenvalue weighted by atomic mass is 10.0. The number of hydrogen-bond acceptors (Lipinski definition) is 2. The maximum absolute atomic E-state index is 4.86. The highest BCUT2D eigenvalue weighted by atomic mass is 32.1. The van der Waals surface area contributed by atoms with Crippen LogP contribution in [-0.2, 0) is 0 Å². The highest BCUT2D eigenvalue weighted by Crippen LogP contribution is 2.33. The lowest BCUT2D eigenvalue weighted by Crippen LogP contribution is -1.86. The second kappa shape index (κ2) is 4.68. The molecule has 0 aliphatic rings. The lowest BCUT2D eigenvalue weighted by molar-refractivity contribution is 1.25. The molecule has 2 aromatic carbocycles.